The van der Waals surface area contributed by atoms with Crippen molar-refractivity contribution in [3.8, 4) is 0 Å². The number of hydrogen-bond donors (Lipinski definition) is 1. The minimum Gasteiger partial charge on any atom is -0.462 e. The summed E-state index contributed by atoms with van der Waals surface area (Å²) >= 11 is 0. The van der Waals surface area contributed by atoms with Crippen LogP contribution in [-0.2, 0) is 22.5 Å². The number of ether oxygens (including phenoxy) is 1. The van der Waals surface area contributed by atoms with Gasteiger partial charge in [-0.15, -0.1) is 0 Å². The first-order valence-electron chi connectivity index (χ1n) is 12.7. The molecule has 3 aromatic carbocycles. The zero-order valence-corrected chi connectivity index (χ0v) is 21.6. The van der Waals surface area contributed by atoms with E-state index in [9.17, 15) is 19.7 Å². The molecule has 1 N–H and O–H groups in total. The molecule has 2 heterocycles. The SMILES string of the molecule is CCOC(=O)c1c(NC(=O)/C=C/c2cccc([N+](=O)[O-])c2)n(CCc2ccccc2)c2nc3ccccc3nc12. The molecule has 0 bridgehead atoms. The van der Waals surface area contributed by atoms with Crippen molar-refractivity contribution in [1.82, 2.24) is 14.5 Å². The summed E-state index contributed by atoms with van der Waals surface area (Å²) in [6.07, 6.45) is 3.33. The number of carbonyl (C=O) groups is 2. The van der Waals surface area contributed by atoms with Crippen LogP contribution in [0.15, 0.2) is 84.9 Å². The van der Waals surface area contributed by atoms with Gasteiger partial charge in [0.15, 0.2) is 5.65 Å². The highest BCUT2D eigenvalue weighted by Gasteiger charge is 2.27. The maximum absolute atomic E-state index is 13.2. The Kier molecular flexibility index (Phi) is 7.58. The van der Waals surface area contributed by atoms with Crippen LogP contribution in [0.2, 0.25) is 0 Å². The van der Waals surface area contributed by atoms with Crippen LogP contribution in [0.4, 0.5) is 11.5 Å². The van der Waals surface area contributed by atoms with Gasteiger partial charge in [-0.2, -0.15) is 0 Å². The van der Waals surface area contributed by atoms with Crippen LogP contribution in [0.25, 0.3) is 28.3 Å². The number of amides is 1. The van der Waals surface area contributed by atoms with Crippen molar-refractivity contribution in [3.63, 3.8) is 0 Å². The van der Waals surface area contributed by atoms with Crippen molar-refractivity contribution in [2.24, 2.45) is 0 Å². The van der Waals surface area contributed by atoms with Crippen LogP contribution >= 0.6 is 0 Å². The molecule has 0 radical (unpaired) electrons. The number of esters is 1. The lowest BCUT2D eigenvalue weighted by atomic mass is 10.1. The molecule has 0 aliphatic heterocycles. The Hall–Kier alpha value is -5.38. The van der Waals surface area contributed by atoms with Gasteiger partial charge in [0.2, 0.25) is 5.91 Å². The second-order valence-electron chi connectivity index (χ2n) is 8.89. The molecule has 1 amide bonds. The van der Waals surface area contributed by atoms with Crippen molar-refractivity contribution >= 4 is 51.7 Å². The van der Waals surface area contributed by atoms with Crippen LogP contribution in [0.1, 0.15) is 28.4 Å². The molecule has 0 aliphatic rings. The van der Waals surface area contributed by atoms with Gasteiger partial charge in [-0.05, 0) is 42.7 Å². The number of aryl methyl sites for hydroxylation is 2. The fraction of sp³-hybridized carbons (Fsp3) is 0.133. The lowest BCUT2D eigenvalue weighted by Gasteiger charge is -2.12. The number of nitrogens with one attached hydrogen (secondary N) is 1. The molecule has 40 heavy (non-hydrogen) atoms. The highest BCUT2D eigenvalue weighted by Crippen LogP contribution is 2.31. The number of aromatic nitrogens is 3. The van der Waals surface area contributed by atoms with Gasteiger partial charge in [-0.3, -0.25) is 14.9 Å². The first kappa shape index (κ1) is 26.2. The highest BCUT2D eigenvalue weighted by atomic mass is 16.6. The van der Waals surface area contributed by atoms with Crippen molar-refractivity contribution in [1.29, 1.82) is 0 Å². The summed E-state index contributed by atoms with van der Waals surface area (Å²) in [6, 6.07) is 23.1. The second-order valence-corrected chi connectivity index (χ2v) is 8.89. The molecule has 0 atom stereocenters. The van der Waals surface area contributed by atoms with Crippen LogP contribution in [0, 0.1) is 10.1 Å². The number of anilines is 1. The van der Waals surface area contributed by atoms with E-state index in [0.29, 0.717) is 40.7 Å². The summed E-state index contributed by atoms with van der Waals surface area (Å²) in [5, 5.41) is 13.9. The molecule has 5 aromatic rings. The number of para-hydroxylation sites is 2. The summed E-state index contributed by atoms with van der Waals surface area (Å²) in [5.74, 6) is -0.952. The summed E-state index contributed by atoms with van der Waals surface area (Å²) < 4.78 is 7.13. The monoisotopic (exact) mass is 535 g/mol. The van der Waals surface area contributed by atoms with E-state index in [0.717, 1.165) is 5.56 Å². The van der Waals surface area contributed by atoms with E-state index in [1.54, 1.807) is 23.6 Å². The molecule has 0 saturated heterocycles. The number of hydrogen-bond acceptors (Lipinski definition) is 7. The van der Waals surface area contributed by atoms with Crippen LogP contribution in [-0.4, -0.2) is 37.9 Å². The largest absolute Gasteiger partial charge is 0.462 e. The van der Waals surface area contributed by atoms with Gasteiger partial charge in [0, 0.05) is 24.8 Å². The van der Waals surface area contributed by atoms with E-state index < -0.39 is 16.8 Å². The van der Waals surface area contributed by atoms with E-state index >= 15 is 0 Å². The van der Waals surface area contributed by atoms with Crippen molar-refractivity contribution in [2.45, 2.75) is 19.9 Å². The molecule has 2 aromatic heterocycles. The minimum absolute atomic E-state index is 0.0857. The standard InChI is InChI=1S/C30H25N5O5/c1-2-40-30(37)26-27-29(32-24-14-7-6-13-23(24)31-27)34(18-17-20-9-4-3-5-10-20)28(26)33-25(36)16-15-21-11-8-12-22(19-21)35(38)39/h3-16,19H,2,17-18H2,1H3,(H,33,36)/b16-15+. The fourth-order valence-corrected chi connectivity index (χ4v) is 4.40. The van der Waals surface area contributed by atoms with Gasteiger partial charge in [-0.1, -0.05) is 54.6 Å². The van der Waals surface area contributed by atoms with Gasteiger partial charge < -0.3 is 14.6 Å². The third kappa shape index (κ3) is 5.56. The third-order valence-corrected chi connectivity index (χ3v) is 6.25. The minimum atomic E-state index is -0.631. The van der Waals surface area contributed by atoms with Crippen LogP contribution in [0.3, 0.4) is 0 Å². The first-order chi connectivity index (χ1) is 19.4. The summed E-state index contributed by atoms with van der Waals surface area (Å²) in [6.45, 7) is 2.24. The summed E-state index contributed by atoms with van der Waals surface area (Å²) in [5.41, 5.74) is 3.58. The number of nitrogens with zero attached hydrogens (tertiary/aromatic N) is 4. The van der Waals surface area contributed by atoms with Crippen molar-refractivity contribution in [2.75, 3.05) is 11.9 Å². The smallest absolute Gasteiger partial charge is 0.344 e. The predicted octanol–water partition coefficient (Wildman–Crippen LogP) is 5.56. The normalized spacial score (nSPS) is 11.2. The van der Waals surface area contributed by atoms with E-state index in [-0.39, 0.29) is 23.7 Å². The molecular weight excluding hydrogens is 510 g/mol. The Labute approximate surface area is 229 Å². The number of non-ortho nitro benzene ring substituents is 1. The van der Waals surface area contributed by atoms with Crippen LogP contribution in [0.5, 0.6) is 0 Å². The topological polar surface area (TPSA) is 129 Å². The zero-order valence-electron chi connectivity index (χ0n) is 21.6. The van der Waals surface area contributed by atoms with Crippen molar-refractivity contribution < 1.29 is 19.2 Å². The lowest BCUT2D eigenvalue weighted by Crippen LogP contribution is -2.17. The Bertz CT molecular complexity index is 1760. The maximum atomic E-state index is 13.2. The van der Waals surface area contributed by atoms with Gasteiger partial charge in [0.05, 0.1) is 22.6 Å². The van der Waals surface area contributed by atoms with Gasteiger partial charge in [0.1, 0.15) is 16.9 Å². The number of nitro groups is 1. The quantitative estimate of drug-likeness (QED) is 0.113. The molecule has 0 saturated carbocycles. The summed E-state index contributed by atoms with van der Waals surface area (Å²) in [4.78, 5) is 46.5. The molecule has 0 unspecified atom stereocenters. The lowest BCUT2D eigenvalue weighted by molar-refractivity contribution is -0.384. The number of fused-ring (bicyclic) bond motifs is 2. The molecule has 10 heteroatoms. The molecule has 0 spiro atoms. The molecule has 200 valence electrons. The van der Waals surface area contributed by atoms with E-state index in [1.807, 2.05) is 48.5 Å². The Morgan fingerprint density at radius 2 is 1.73 bits per heavy atom. The number of rotatable bonds is 9. The maximum Gasteiger partial charge on any atom is 0.344 e. The van der Waals surface area contributed by atoms with E-state index in [1.165, 1.54) is 30.4 Å². The fourth-order valence-electron chi connectivity index (χ4n) is 4.40. The molecule has 5 rings (SSSR count). The van der Waals surface area contributed by atoms with E-state index in [2.05, 4.69) is 5.32 Å². The predicted molar refractivity (Wildman–Crippen MR) is 152 cm³/mol. The molecule has 0 fully saturated rings. The second kappa shape index (κ2) is 11.6. The average molecular weight is 536 g/mol. The third-order valence-electron chi connectivity index (χ3n) is 6.25. The van der Waals surface area contributed by atoms with Gasteiger partial charge >= 0.3 is 5.97 Å². The Morgan fingerprint density at radius 3 is 2.45 bits per heavy atom. The number of nitro benzene ring substituents is 1. The highest BCUT2D eigenvalue weighted by molar-refractivity contribution is 6.13. The molecule has 0 aliphatic carbocycles. The molecule has 10 nitrogen and oxygen atoms in total. The zero-order chi connectivity index (χ0) is 28.1. The number of benzene rings is 3. The van der Waals surface area contributed by atoms with E-state index in [4.69, 9.17) is 14.7 Å². The van der Waals surface area contributed by atoms with Gasteiger partial charge in [-0.25, -0.2) is 14.8 Å². The summed E-state index contributed by atoms with van der Waals surface area (Å²) in [7, 11) is 0. The van der Waals surface area contributed by atoms with Crippen LogP contribution < -0.4 is 5.32 Å². The molecular formula is C30H25N5O5. The number of carbonyl (C=O) groups excluding carboxylic acids is 2. The van der Waals surface area contributed by atoms with Gasteiger partial charge in [0.25, 0.3) is 5.69 Å². The Morgan fingerprint density at radius 1 is 1.00 bits per heavy atom. The Balaban J connectivity index is 1.60. The van der Waals surface area contributed by atoms with Crippen molar-refractivity contribution in [3.05, 3.63) is 112 Å². The average Bonchev–Trinajstić information content (AvgIpc) is 3.26. The first-order valence-corrected chi connectivity index (χ1v) is 12.7.